The van der Waals surface area contributed by atoms with E-state index in [-0.39, 0.29) is 26.2 Å². The van der Waals surface area contributed by atoms with Crippen LogP contribution in [0.1, 0.15) is 0 Å². The number of carbonyl (C=O) groups excluding carboxylic acids is 8. The molecule has 0 saturated carbocycles. The molecule has 0 aliphatic carbocycles. The molecule has 0 aromatic carbocycles. The summed E-state index contributed by atoms with van der Waals surface area (Å²) in [5, 5.41) is 0. The Labute approximate surface area is 291 Å². The first-order chi connectivity index (χ1) is 22.2. The van der Waals surface area contributed by atoms with Gasteiger partial charge in [-0.1, -0.05) is 0 Å². The Hall–Kier alpha value is -3.96. The number of halogens is 24. The van der Waals surface area contributed by atoms with Crippen LogP contribution in [-0.4, -0.2) is 95.7 Å². The number of carbonyl (C=O) groups is 8. The fourth-order valence-electron chi connectivity index (χ4n) is 1.13. The zero-order chi connectivity index (χ0) is 43.4. The Bertz CT molecular complexity index is 1010. The predicted molar refractivity (Wildman–Crippen MR) is 106 cm³/mol. The fourth-order valence-corrected chi connectivity index (χ4v) is 1.13. The predicted octanol–water partition coefficient (Wildman–Crippen LogP) is 5.81. The maximum Gasteiger partial charge on any atom is 4.00 e. The minimum absolute atomic E-state index is 0. The van der Waals surface area contributed by atoms with E-state index in [9.17, 15) is 144 Å². The number of rotatable bonds is 8. The van der Waals surface area contributed by atoms with Gasteiger partial charge < -0.3 is 38.4 Å². The molecule has 0 atom stereocenters. The summed E-state index contributed by atoms with van der Waals surface area (Å²) in [5.74, 6) is -22.6. The first-order valence-corrected chi connectivity index (χ1v) is 10.5. The number of Topliss-reactive ketones (excluding diaryl/α,β-unsaturated/α-hetero) is 8. The SMILES string of the molecule is O=C([CH-]C(=O)C(F)(F)F)C(F)(F)F.O=C([CH-]C(=O)C(F)(F)F)C(F)(F)F.O=C([CH-]C(=O)C(F)(F)F)C(F)(F)F.O=C([CH-]C(=O)C(F)(F)F)C(F)(F)F.[Zr+4]. The molecule has 0 aliphatic rings. The van der Waals surface area contributed by atoms with Crippen LogP contribution in [0.25, 0.3) is 0 Å². The third-order valence-corrected chi connectivity index (χ3v) is 3.28. The third kappa shape index (κ3) is 28.3. The standard InChI is InChI=1S/4C5HF6O2.Zr/c4*6-4(7,8)2(12)1-3(13)5(9,10)11;/h4*1H;/q4*-1;+4. The van der Waals surface area contributed by atoms with E-state index in [1.54, 1.807) is 0 Å². The van der Waals surface area contributed by atoms with Crippen molar-refractivity contribution < 1.29 is 170 Å². The number of alkyl halides is 24. The molecule has 0 unspecified atom stereocenters. The Morgan fingerprint density at radius 2 is 0.264 bits per heavy atom. The molecule has 53 heavy (non-hydrogen) atoms. The van der Waals surface area contributed by atoms with Crippen molar-refractivity contribution in [3.63, 3.8) is 0 Å². The Balaban J connectivity index is -0.000000192. The van der Waals surface area contributed by atoms with Gasteiger partial charge in [-0.15, -0.1) is 0 Å². The van der Waals surface area contributed by atoms with Gasteiger partial charge in [-0.2, -0.15) is 105 Å². The van der Waals surface area contributed by atoms with E-state index in [1.165, 1.54) is 0 Å². The molecule has 0 radical (unpaired) electrons. The fraction of sp³-hybridized carbons (Fsp3) is 0.400. The second kappa shape index (κ2) is 20.5. The summed E-state index contributed by atoms with van der Waals surface area (Å²) >= 11 is 0. The molecular formula is C20H4F24O8Zr. The molecular weight excluding hydrogens is 915 g/mol. The van der Waals surface area contributed by atoms with Crippen LogP contribution in [0.3, 0.4) is 0 Å². The van der Waals surface area contributed by atoms with Gasteiger partial charge in [-0.05, 0) is 0 Å². The smallest absolute Gasteiger partial charge is 0.324 e. The van der Waals surface area contributed by atoms with E-state index < -0.39 is 121 Å². The zero-order valence-electron chi connectivity index (χ0n) is 23.1. The van der Waals surface area contributed by atoms with Gasteiger partial charge in [0.1, 0.15) is 46.3 Å². The first-order valence-electron chi connectivity index (χ1n) is 10.5. The monoisotopic (exact) mass is 918 g/mol. The van der Waals surface area contributed by atoms with Gasteiger partial charge in [0.2, 0.25) is 0 Å². The molecule has 0 fully saturated rings. The van der Waals surface area contributed by atoms with Gasteiger partial charge in [0.15, 0.2) is 0 Å². The van der Waals surface area contributed by atoms with E-state index in [0.717, 1.165) is 0 Å². The average molecular weight is 919 g/mol. The minimum Gasteiger partial charge on any atom is -0.324 e. The van der Waals surface area contributed by atoms with Crippen LogP contribution in [-0.2, 0) is 64.6 Å². The van der Waals surface area contributed by atoms with Crippen LogP contribution in [0.5, 0.6) is 0 Å². The molecule has 0 aliphatic heterocycles. The van der Waals surface area contributed by atoms with Crippen molar-refractivity contribution >= 4 is 46.3 Å². The molecule has 0 bridgehead atoms. The zero-order valence-corrected chi connectivity index (χ0v) is 25.6. The summed E-state index contributed by atoms with van der Waals surface area (Å²) in [5.41, 5.74) is 0. The molecule has 0 aromatic rings. The molecule has 0 amide bonds. The Morgan fingerprint density at radius 3 is 0.302 bits per heavy atom. The van der Waals surface area contributed by atoms with Gasteiger partial charge >= 0.3 is 75.6 Å². The van der Waals surface area contributed by atoms with E-state index in [2.05, 4.69) is 0 Å². The molecule has 0 aromatic heterocycles. The van der Waals surface area contributed by atoms with Gasteiger partial charge in [-0.3, -0.25) is 0 Å². The average Bonchev–Trinajstić information content (AvgIpc) is 2.85. The van der Waals surface area contributed by atoms with E-state index in [1.807, 2.05) is 0 Å². The van der Waals surface area contributed by atoms with Crippen LogP contribution < -0.4 is 0 Å². The largest absolute Gasteiger partial charge is 4.00 e. The van der Waals surface area contributed by atoms with Crippen LogP contribution in [0.4, 0.5) is 105 Å². The summed E-state index contributed by atoms with van der Waals surface area (Å²) in [7, 11) is 0. The summed E-state index contributed by atoms with van der Waals surface area (Å²) in [6.07, 6.45) is -47.8. The minimum atomic E-state index is -5.46. The number of hydrogen-bond acceptors (Lipinski definition) is 8. The van der Waals surface area contributed by atoms with Gasteiger partial charge in [0, 0.05) is 0 Å². The van der Waals surface area contributed by atoms with Crippen LogP contribution in [0, 0.1) is 25.7 Å². The van der Waals surface area contributed by atoms with E-state index >= 15 is 0 Å². The molecule has 33 heteroatoms. The van der Waals surface area contributed by atoms with E-state index in [4.69, 9.17) is 0 Å². The first kappa shape index (κ1) is 58.4. The topological polar surface area (TPSA) is 137 Å². The maximum atomic E-state index is 11.3. The summed E-state index contributed by atoms with van der Waals surface area (Å²) in [4.78, 5) is 78.6. The summed E-state index contributed by atoms with van der Waals surface area (Å²) < 4.78 is 271. The molecule has 8 nitrogen and oxygen atoms in total. The van der Waals surface area contributed by atoms with Crippen molar-refractivity contribution in [1.29, 1.82) is 0 Å². The molecule has 0 saturated heterocycles. The molecule has 0 rings (SSSR count). The number of hydrogen-bond donors (Lipinski definition) is 0. The molecule has 0 spiro atoms. The Kier molecular flexibility index (Phi) is 22.6. The van der Waals surface area contributed by atoms with Gasteiger partial charge in [-0.25, -0.2) is 25.7 Å². The number of ketones is 8. The van der Waals surface area contributed by atoms with E-state index in [0.29, 0.717) is 0 Å². The third-order valence-electron chi connectivity index (χ3n) is 3.28. The molecule has 304 valence electrons. The van der Waals surface area contributed by atoms with Gasteiger partial charge in [0.25, 0.3) is 0 Å². The van der Waals surface area contributed by atoms with Gasteiger partial charge in [0.05, 0.1) is 0 Å². The van der Waals surface area contributed by atoms with Crippen molar-refractivity contribution in [2.75, 3.05) is 0 Å². The Morgan fingerprint density at radius 1 is 0.208 bits per heavy atom. The normalized spacial score (nSPS) is 12.2. The summed E-state index contributed by atoms with van der Waals surface area (Å²) in [6, 6.07) is 0. The second-order valence-corrected chi connectivity index (χ2v) is 7.47. The quantitative estimate of drug-likeness (QED) is 0.169. The summed E-state index contributed by atoms with van der Waals surface area (Å²) in [6.45, 7) is 0. The van der Waals surface area contributed by atoms with Crippen molar-refractivity contribution in [2.24, 2.45) is 0 Å². The van der Waals surface area contributed by atoms with Crippen molar-refractivity contribution in [2.45, 2.75) is 49.4 Å². The van der Waals surface area contributed by atoms with Crippen LogP contribution in [0.2, 0.25) is 0 Å². The molecule has 0 heterocycles. The van der Waals surface area contributed by atoms with Crippen molar-refractivity contribution in [3.05, 3.63) is 25.7 Å². The maximum absolute atomic E-state index is 11.3. The van der Waals surface area contributed by atoms with Crippen molar-refractivity contribution in [1.82, 2.24) is 0 Å². The van der Waals surface area contributed by atoms with Crippen LogP contribution in [0.15, 0.2) is 0 Å². The molecule has 0 N–H and O–H groups in total. The second-order valence-electron chi connectivity index (χ2n) is 7.47. The van der Waals surface area contributed by atoms with Crippen molar-refractivity contribution in [3.8, 4) is 0 Å². The van der Waals surface area contributed by atoms with Crippen LogP contribution >= 0.6 is 0 Å².